The number of nitrogens with one attached hydrogen (secondary N) is 1. The van der Waals surface area contributed by atoms with Crippen molar-refractivity contribution in [2.24, 2.45) is 0 Å². The van der Waals surface area contributed by atoms with Crippen LogP contribution in [0.5, 0.6) is 5.75 Å². The largest absolute Gasteiger partial charge is 0.484 e. The van der Waals surface area contributed by atoms with E-state index < -0.39 is 6.04 Å². The van der Waals surface area contributed by atoms with Gasteiger partial charge in [-0.2, -0.15) is 0 Å². The lowest BCUT2D eigenvalue weighted by atomic mass is 9.87. The molecule has 5 heteroatoms. The first-order chi connectivity index (χ1) is 15.2. The van der Waals surface area contributed by atoms with Gasteiger partial charge in [0.2, 0.25) is 5.91 Å². The van der Waals surface area contributed by atoms with Gasteiger partial charge in [0.05, 0.1) is 0 Å². The minimum absolute atomic E-state index is 0.0545. The fraction of sp³-hybridized carbons (Fsp3) is 0.481. The molecular formula is C27H38N2O3. The van der Waals surface area contributed by atoms with Crippen LogP contribution in [-0.4, -0.2) is 35.9 Å². The average molecular weight is 439 g/mol. The van der Waals surface area contributed by atoms with Crippen LogP contribution in [-0.2, 0) is 21.5 Å². The van der Waals surface area contributed by atoms with E-state index in [1.165, 1.54) is 5.56 Å². The molecule has 0 radical (unpaired) electrons. The van der Waals surface area contributed by atoms with Crippen molar-refractivity contribution in [2.75, 3.05) is 13.2 Å². The minimum Gasteiger partial charge on any atom is -0.484 e. The Hall–Kier alpha value is -2.82. The first-order valence-corrected chi connectivity index (χ1v) is 11.5. The van der Waals surface area contributed by atoms with Crippen molar-refractivity contribution in [3.8, 4) is 5.75 Å². The molecule has 0 saturated carbocycles. The molecule has 0 aromatic heterocycles. The van der Waals surface area contributed by atoms with E-state index in [4.69, 9.17) is 4.74 Å². The lowest BCUT2D eigenvalue weighted by Crippen LogP contribution is -2.50. The lowest BCUT2D eigenvalue weighted by Gasteiger charge is -2.31. The molecule has 2 rings (SSSR count). The third-order valence-electron chi connectivity index (χ3n) is 5.62. The minimum atomic E-state index is -0.541. The third-order valence-corrected chi connectivity index (χ3v) is 5.62. The predicted molar refractivity (Wildman–Crippen MR) is 130 cm³/mol. The van der Waals surface area contributed by atoms with Crippen molar-refractivity contribution < 1.29 is 14.3 Å². The zero-order valence-electron chi connectivity index (χ0n) is 20.4. The first kappa shape index (κ1) is 25.4. The maximum Gasteiger partial charge on any atom is 0.261 e. The van der Waals surface area contributed by atoms with Gasteiger partial charge in [0.15, 0.2) is 6.61 Å². The summed E-state index contributed by atoms with van der Waals surface area (Å²) in [5.41, 5.74) is 3.37. The van der Waals surface area contributed by atoms with Crippen molar-refractivity contribution >= 4 is 11.8 Å². The molecule has 2 aromatic rings. The molecule has 32 heavy (non-hydrogen) atoms. The molecule has 5 nitrogen and oxygen atoms in total. The second-order valence-corrected chi connectivity index (χ2v) is 9.23. The van der Waals surface area contributed by atoms with Gasteiger partial charge in [0, 0.05) is 13.1 Å². The monoisotopic (exact) mass is 438 g/mol. The molecule has 174 valence electrons. The molecule has 2 amide bonds. The van der Waals surface area contributed by atoms with E-state index in [0.717, 1.165) is 17.5 Å². The molecule has 0 saturated heterocycles. The van der Waals surface area contributed by atoms with Crippen LogP contribution in [0.25, 0.3) is 0 Å². The van der Waals surface area contributed by atoms with Crippen LogP contribution in [0.2, 0.25) is 0 Å². The van der Waals surface area contributed by atoms with Crippen LogP contribution >= 0.6 is 0 Å². The van der Waals surface area contributed by atoms with Gasteiger partial charge in [-0.05, 0) is 54.0 Å². The van der Waals surface area contributed by atoms with Crippen molar-refractivity contribution in [1.29, 1.82) is 0 Å². The number of nitrogens with zero attached hydrogens (tertiary/aromatic N) is 1. The summed E-state index contributed by atoms with van der Waals surface area (Å²) in [7, 11) is 0. The number of ether oxygens (including phenoxy) is 1. The average Bonchev–Trinajstić information content (AvgIpc) is 2.76. The highest BCUT2D eigenvalue weighted by atomic mass is 16.5. The van der Waals surface area contributed by atoms with Gasteiger partial charge in [-0.15, -0.1) is 0 Å². The van der Waals surface area contributed by atoms with E-state index >= 15 is 0 Å². The number of aryl methyl sites for hydroxylation is 1. The molecule has 0 aliphatic rings. The summed E-state index contributed by atoms with van der Waals surface area (Å²) in [6, 6.07) is 15.2. The summed E-state index contributed by atoms with van der Waals surface area (Å²) in [6.07, 6.45) is 1.38. The van der Waals surface area contributed by atoms with Crippen molar-refractivity contribution in [3.05, 3.63) is 65.2 Å². The van der Waals surface area contributed by atoms with Crippen LogP contribution in [0.4, 0.5) is 0 Å². The molecule has 0 spiro atoms. The summed E-state index contributed by atoms with van der Waals surface area (Å²) in [4.78, 5) is 27.7. The van der Waals surface area contributed by atoms with Crippen molar-refractivity contribution in [3.63, 3.8) is 0 Å². The van der Waals surface area contributed by atoms with Crippen molar-refractivity contribution in [2.45, 2.75) is 72.4 Å². The number of amides is 2. The van der Waals surface area contributed by atoms with E-state index in [1.807, 2.05) is 69.3 Å². The topological polar surface area (TPSA) is 58.6 Å². The van der Waals surface area contributed by atoms with Crippen LogP contribution in [0.1, 0.15) is 64.2 Å². The van der Waals surface area contributed by atoms with Gasteiger partial charge in [0.25, 0.3) is 5.91 Å². The maximum absolute atomic E-state index is 13.3. The molecule has 0 fully saturated rings. The number of carbonyl (C=O) groups excluding carboxylic acids is 2. The Balaban J connectivity index is 2.18. The number of hydrogen-bond donors (Lipinski definition) is 1. The summed E-state index contributed by atoms with van der Waals surface area (Å²) in [5, 5.41) is 2.94. The fourth-order valence-electron chi connectivity index (χ4n) is 3.54. The molecule has 0 aliphatic heterocycles. The predicted octanol–water partition coefficient (Wildman–Crippen LogP) is 5.00. The lowest BCUT2D eigenvalue weighted by molar-refractivity contribution is -0.143. The quantitative estimate of drug-likeness (QED) is 0.568. The standard InChI is InChI=1S/C27H38N2O3/c1-7-17-28-26(31)24(8-2)29(18-21-12-10-9-11-20(21)3)25(30)19-32-23-15-13-22(14-16-23)27(4,5)6/h9-16,24H,7-8,17-19H2,1-6H3,(H,28,31). The highest BCUT2D eigenvalue weighted by Gasteiger charge is 2.29. The third kappa shape index (κ3) is 7.11. The smallest absolute Gasteiger partial charge is 0.261 e. The van der Waals surface area contributed by atoms with Crippen molar-refractivity contribution in [1.82, 2.24) is 10.2 Å². The Morgan fingerprint density at radius 2 is 1.69 bits per heavy atom. The van der Waals surface area contributed by atoms with E-state index in [9.17, 15) is 9.59 Å². The maximum atomic E-state index is 13.3. The Labute approximate surface area is 193 Å². The molecular weight excluding hydrogens is 400 g/mol. The number of benzene rings is 2. The van der Waals surface area contributed by atoms with Gasteiger partial charge in [-0.25, -0.2) is 0 Å². The summed E-state index contributed by atoms with van der Waals surface area (Å²) >= 11 is 0. The molecule has 1 N–H and O–H groups in total. The van der Waals surface area contributed by atoms with Crippen LogP contribution < -0.4 is 10.1 Å². The van der Waals surface area contributed by atoms with Gasteiger partial charge in [-0.1, -0.05) is 71.0 Å². The zero-order valence-corrected chi connectivity index (χ0v) is 20.4. The van der Waals surface area contributed by atoms with Gasteiger partial charge in [0.1, 0.15) is 11.8 Å². The number of carbonyl (C=O) groups is 2. The molecule has 0 heterocycles. The Kier molecular flexibility index (Phi) is 9.30. The Morgan fingerprint density at radius 1 is 1.03 bits per heavy atom. The SMILES string of the molecule is CCCNC(=O)C(CC)N(Cc1ccccc1C)C(=O)COc1ccc(C(C)(C)C)cc1. The highest BCUT2D eigenvalue weighted by molar-refractivity contribution is 5.88. The van der Waals surface area contributed by atoms with E-state index in [0.29, 0.717) is 25.3 Å². The molecule has 2 aromatic carbocycles. The van der Waals surface area contributed by atoms with Gasteiger partial charge in [-0.3, -0.25) is 9.59 Å². The normalized spacial score (nSPS) is 12.2. The van der Waals surface area contributed by atoms with E-state index in [1.54, 1.807) is 4.90 Å². The molecule has 1 unspecified atom stereocenters. The Bertz CT molecular complexity index is 885. The Morgan fingerprint density at radius 3 is 2.25 bits per heavy atom. The molecule has 1 atom stereocenters. The van der Waals surface area contributed by atoms with E-state index in [-0.39, 0.29) is 23.8 Å². The van der Waals surface area contributed by atoms with Gasteiger partial charge >= 0.3 is 0 Å². The summed E-state index contributed by atoms with van der Waals surface area (Å²) in [6.45, 7) is 13.3. The zero-order chi connectivity index (χ0) is 23.7. The van der Waals surface area contributed by atoms with Gasteiger partial charge < -0.3 is 15.0 Å². The summed E-state index contributed by atoms with van der Waals surface area (Å²) in [5.74, 6) is 0.322. The van der Waals surface area contributed by atoms with E-state index in [2.05, 4.69) is 26.1 Å². The van der Waals surface area contributed by atoms with Crippen LogP contribution in [0.3, 0.4) is 0 Å². The van der Waals surface area contributed by atoms with Crippen LogP contribution in [0, 0.1) is 6.92 Å². The molecule has 0 bridgehead atoms. The number of hydrogen-bond acceptors (Lipinski definition) is 3. The number of rotatable bonds is 10. The highest BCUT2D eigenvalue weighted by Crippen LogP contribution is 2.24. The summed E-state index contributed by atoms with van der Waals surface area (Å²) < 4.78 is 5.82. The van der Waals surface area contributed by atoms with Crippen LogP contribution in [0.15, 0.2) is 48.5 Å². The first-order valence-electron chi connectivity index (χ1n) is 11.5. The fourth-order valence-corrected chi connectivity index (χ4v) is 3.54. The second-order valence-electron chi connectivity index (χ2n) is 9.23. The molecule has 0 aliphatic carbocycles. The second kappa shape index (κ2) is 11.7.